The number of ether oxygens (including phenoxy) is 2. The molecule has 12 nitrogen and oxygen atoms in total. The van der Waals surface area contributed by atoms with Crippen molar-refractivity contribution in [3.05, 3.63) is 109 Å². The van der Waals surface area contributed by atoms with Gasteiger partial charge in [0.2, 0.25) is 0 Å². The van der Waals surface area contributed by atoms with Gasteiger partial charge in [0.05, 0.1) is 12.7 Å². The van der Waals surface area contributed by atoms with Crippen molar-refractivity contribution >= 4 is 37.5 Å². The lowest BCUT2D eigenvalue weighted by Crippen LogP contribution is -2.38. The molecule has 0 aromatic heterocycles. The van der Waals surface area contributed by atoms with Gasteiger partial charge in [-0.3, -0.25) is 18.9 Å². The molecule has 0 amide bonds. The predicted molar refractivity (Wildman–Crippen MR) is 244 cm³/mol. The van der Waals surface area contributed by atoms with E-state index in [1.165, 1.54) is 31.0 Å². The minimum Gasteiger partial charge on any atom is -0.481 e. The van der Waals surface area contributed by atoms with E-state index in [4.69, 9.17) is 20.3 Å². The Hall–Kier alpha value is -3.55. The van der Waals surface area contributed by atoms with E-state index in [0.717, 1.165) is 44.9 Å². The third kappa shape index (κ3) is 38.6. The van der Waals surface area contributed by atoms with Crippen LogP contribution >= 0.6 is 19.6 Å². The van der Waals surface area contributed by atoms with Gasteiger partial charge in [-0.2, -0.15) is 0 Å². The van der Waals surface area contributed by atoms with E-state index >= 15 is 0 Å². The van der Waals surface area contributed by atoms with Crippen LogP contribution in [-0.2, 0) is 32.9 Å². The number of thioether (sulfide) groups is 1. The summed E-state index contributed by atoms with van der Waals surface area (Å²) in [7, 11) is -4.91. The number of carbonyl (C=O) groups excluding carboxylic acids is 2. The third-order valence-electron chi connectivity index (χ3n) is 8.27. The number of rotatable bonds is 37. The Morgan fingerprint density at radius 3 is 1.85 bits per heavy atom. The lowest BCUT2D eigenvalue weighted by atomic mass is 10.1. The van der Waals surface area contributed by atoms with Crippen LogP contribution in [0.4, 0.5) is 0 Å². The van der Waals surface area contributed by atoms with E-state index in [9.17, 15) is 33.8 Å². The van der Waals surface area contributed by atoms with Crippen molar-refractivity contribution in [2.75, 3.05) is 19.0 Å². The number of aliphatic hydroxyl groups is 1. The van der Waals surface area contributed by atoms with E-state index in [2.05, 4.69) is 79.1 Å². The van der Waals surface area contributed by atoms with Crippen LogP contribution in [0.25, 0.3) is 0 Å². The Bertz CT molecular complexity index is 1460. The number of unbranched alkanes of at least 4 members (excludes halogenated alkanes) is 4. The zero-order valence-electron chi connectivity index (χ0n) is 35.7. The van der Waals surface area contributed by atoms with Gasteiger partial charge < -0.3 is 35.2 Å². The number of phosphoric ester groups is 1. The SMILES string of the molecule is CC/C=C\C/C=C\C/C=C\C/C=C\C/C=C\CCCC(=O)O[C@H](COC(=O)[C@@H](N)CS[C@H](/C=C/C=C/C=C\C/C=C\CCCCC)[C@@H](O)CCCC(=O)O)COP(=O)(O)O. The summed E-state index contributed by atoms with van der Waals surface area (Å²) in [5.41, 5.74) is 6.09. The number of aliphatic hydroxyl groups excluding tert-OH is 1. The molecule has 0 heterocycles. The molecule has 0 fully saturated rings. The first kappa shape index (κ1) is 56.5. The Kier molecular flexibility index (Phi) is 37.2. The van der Waals surface area contributed by atoms with E-state index < -0.39 is 62.4 Å². The number of carboxylic acid groups (broad SMARTS) is 1. The molecule has 0 aromatic carbocycles. The summed E-state index contributed by atoms with van der Waals surface area (Å²) in [6, 6.07) is -1.16. The number of aliphatic carboxylic acids is 1. The highest BCUT2D eigenvalue weighted by molar-refractivity contribution is 8.00. The van der Waals surface area contributed by atoms with Crippen molar-refractivity contribution in [1.29, 1.82) is 0 Å². The molecular formula is C46H72NO11PS. The molecule has 0 aliphatic carbocycles. The second-order valence-corrected chi connectivity index (χ2v) is 16.2. The first-order chi connectivity index (χ1) is 28.9. The average Bonchev–Trinajstić information content (AvgIpc) is 3.20. The summed E-state index contributed by atoms with van der Waals surface area (Å²) < 4.78 is 26.4. The summed E-state index contributed by atoms with van der Waals surface area (Å²) >= 11 is 1.19. The fourth-order valence-corrected chi connectivity index (χ4v) is 6.51. The van der Waals surface area contributed by atoms with Gasteiger partial charge in [-0.25, -0.2) is 4.57 Å². The largest absolute Gasteiger partial charge is 0.481 e. The lowest BCUT2D eigenvalue weighted by molar-refractivity contribution is -0.161. The van der Waals surface area contributed by atoms with E-state index in [0.29, 0.717) is 12.8 Å². The second-order valence-electron chi connectivity index (χ2n) is 13.8. The van der Waals surface area contributed by atoms with Crippen LogP contribution in [0, 0.1) is 0 Å². The molecule has 338 valence electrons. The number of carbonyl (C=O) groups is 3. The van der Waals surface area contributed by atoms with Crippen LogP contribution in [0.1, 0.15) is 117 Å². The monoisotopic (exact) mass is 877 g/mol. The van der Waals surface area contributed by atoms with Crippen molar-refractivity contribution in [1.82, 2.24) is 0 Å². The molecule has 60 heavy (non-hydrogen) atoms. The smallest absolute Gasteiger partial charge is 0.469 e. The minimum atomic E-state index is -4.91. The molecule has 0 saturated carbocycles. The van der Waals surface area contributed by atoms with Crippen molar-refractivity contribution < 1.29 is 52.9 Å². The molecule has 0 bridgehead atoms. The van der Waals surface area contributed by atoms with E-state index in [1.807, 2.05) is 30.4 Å². The van der Waals surface area contributed by atoms with Crippen LogP contribution in [0.2, 0.25) is 0 Å². The number of phosphoric acid groups is 1. The van der Waals surface area contributed by atoms with E-state index in [1.54, 1.807) is 18.2 Å². The summed E-state index contributed by atoms with van der Waals surface area (Å²) in [5, 5.41) is 19.3. The number of hydrogen-bond donors (Lipinski definition) is 5. The lowest BCUT2D eigenvalue weighted by Gasteiger charge is -2.22. The van der Waals surface area contributed by atoms with Gasteiger partial charge >= 0.3 is 25.7 Å². The number of allylic oxidation sites excluding steroid dienone is 17. The van der Waals surface area contributed by atoms with Crippen LogP contribution < -0.4 is 5.73 Å². The molecule has 0 saturated heterocycles. The fourth-order valence-electron chi connectivity index (χ4n) is 5.02. The van der Waals surface area contributed by atoms with Crippen LogP contribution in [0.5, 0.6) is 0 Å². The first-order valence-electron chi connectivity index (χ1n) is 21.1. The molecule has 0 rings (SSSR count). The van der Waals surface area contributed by atoms with Gasteiger partial charge in [-0.1, -0.05) is 136 Å². The van der Waals surface area contributed by atoms with Crippen LogP contribution in [-0.4, -0.2) is 80.4 Å². The van der Waals surface area contributed by atoms with Gasteiger partial charge in [-0.05, 0) is 77.0 Å². The highest BCUT2D eigenvalue weighted by atomic mass is 32.2. The highest BCUT2D eigenvalue weighted by Crippen LogP contribution is 2.36. The summed E-state index contributed by atoms with van der Waals surface area (Å²) in [6.07, 6.45) is 45.8. The normalized spacial score (nSPS) is 15.0. The van der Waals surface area contributed by atoms with Crippen LogP contribution in [0.15, 0.2) is 109 Å². The predicted octanol–water partition coefficient (Wildman–Crippen LogP) is 9.71. The highest BCUT2D eigenvalue weighted by Gasteiger charge is 2.26. The summed E-state index contributed by atoms with van der Waals surface area (Å²) in [4.78, 5) is 54.7. The maximum atomic E-state index is 12.8. The van der Waals surface area contributed by atoms with Gasteiger partial charge in [0.1, 0.15) is 12.6 Å². The molecule has 14 heteroatoms. The van der Waals surface area contributed by atoms with Crippen molar-refractivity contribution in [2.24, 2.45) is 5.73 Å². The molecule has 0 aliphatic rings. The average molecular weight is 878 g/mol. The molecule has 0 aromatic rings. The molecule has 4 atom stereocenters. The molecule has 0 aliphatic heterocycles. The van der Waals surface area contributed by atoms with Crippen molar-refractivity contribution in [3.8, 4) is 0 Å². The minimum absolute atomic E-state index is 0.0243. The quantitative estimate of drug-likeness (QED) is 0.0130. The zero-order valence-corrected chi connectivity index (χ0v) is 37.4. The first-order valence-corrected chi connectivity index (χ1v) is 23.7. The molecule has 0 spiro atoms. The van der Waals surface area contributed by atoms with Crippen molar-refractivity contribution in [2.45, 2.75) is 140 Å². The van der Waals surface area contributed by atoms with E-state index in [-0.39, 0.29) is 31.4 Å². The summed E-state index contributed by atoms with van der Waals surface area (Å²) in [5.74, 6) is -2.44. The maximum absolute atomic E-state index is 12.8. The molecule has 0 radical (unpaired) electrons. The topological polar surface area (TPSA) is 203 Å². The molecule has 6 N–H and O–H groups in total. The molecule has 0 unspecified atom stereocenters. The van der Waals surface area contributed by atoms with Crippen LogP contribution in [0.3, 0.4) is 0 Å². The fraction of sp³-hybridized carbons (Fsp3) is 0.543. The number of nitrogens with two attached hydrogens (primary N) is 1. The Balaban J connectivity index is 4.95. The van der Waals surface area contributed by atoms with Gasteiger partial charge in [0, 0.05) is 23.8 Å². The number of hydrogen-bond acceptors (Lipinski definition) is 10. The van der Waals surface area contributed by atoms with Gasteiger partial charge in [-0.15, -0.1) is 11.8 Å². The number of esters is 2. The Morgan fingerprint density at radius 1 is 0.700 bits per heavy atom. The zero-order chi connectivity index (χ0) is 44.5. The standard InChI is InChI=1S/C46H72NO11PS/c1-3-5-7-9-11-13-15-17-18-19-20-21-23-25-27-29-31-36-45(51)58-40(38-57-59(53,54)55)37-56-46(52)41(47)39-60-43(42(48)33-32-35-44(49)50)34-30-28-26-24-22-16-14-12-10-8-6-4-2/h5,7,11-14,17-18,20-22,24-28,30,34,40-43,48H,3-4,6,8-10,15-16,19,23,29,31-33,35-39,47H2,1-2H3,(H,49,50)(H2,53,54,55)/b7-5-,13-11-,14-12-,18-17-,21-20-,24-22-,27-25-,28-26+,34-30+/t40-,41+,42+,43-/m1/s1. The van der Waals surface area contributed by atoms with Gasteiger partial charge in [0.15, 0.2) is 6.10 Å². The molecular weight excluding hydrogens is 806 g/mol. The second kappa shape index (κ2) is 39.6. The maximum Gasteiger partial charge on any atom is 0.469 e. The number of carboxylic acids is 1. The third-order valence-corrected chi connectivity index (χ3v) is 10.2. The summed E-state index contributed by atoms with van der Waals surface area (Å²) in [6.45, 7) is 3.03. The van der Waals surface area contributed by atoms with Gasteiger partial charge in [0.25, 0.3) is 0 Å². The van der Waals surface area contributed by atoms with Crippen molar-refractivity contribution in [3.63, 3.8) is 0 Å². The Morgan fingerprint density at radius 2 is 1.27 bits per heavy atom. The Labute approximate surface area is 363 Å².